The number of benzene rings is 1. The number of thioether (sulfide) groups is 1. The molecule has 0 radical (unpaired) electrons. The SMILES string of the molecule is Nc1ccc2c(c1)CCCC2NC(=O)CSCC(=O)O. The molecular weight excluding hydrogens is 276 g/mol. The number of aryl methyl sites for hydroxylation is 1. The predicted molar refractivity (Wildman–Crippen MR) is 79.6 cm³/mol. The van der Waals surface area contributed by atoms with Gasteiger partial charge in [0.2, 0.25) is 5.91 Å². The number of carbonyl (C=O) groups excluding carboxylic acids is 1. The van der Waals surface area contributed by atoms with E-state index < -0.39 is 5.97 Å². The Hall–Kier alpha value is -1.69. The van der Waals surface area contributed by atoms with Crippen molar-refractivity contribution in [2.75, 3.05) is 17.2 Å². The molecule has 1 unspecified atom stereocenters. The number of rotatable bonds is 5. The lowest BCUT2D eigenvalue weighted by atomic mass is 9.87. The maximum atomic E-state index is 11.8. The van der Waals surface area contributed by atoms with Gasteiger partial charge in [-0.3, -0.25) is 9.59 Å². The van der Waals surface area contributed by atoms with Gasteiger partial charge in [-0.25, -0.2) is 0 Å². The molecular formula is C14H18N2O3S. The highest BCUT2D eigenvalue weighted by atomic mass is 32.2. The third-order valence-corrected chi connectivity index (χ3v) is 4.19. The fourth-order valence-corrected chi connectivity index (χ4v) is 3.00. The monoisotopic (exact) mass is 294 g/mol. The van der Waals surface area contributed by atoms with Gasteiger partial charge in [0.15, 0.2) is 0 Å². The number of amides is 1. The largest absolute Gasteiger partial charge is 0.481 e. The maximum Gasteiger partial charge on any atom is 0.313 e. The molecule has 1 aliphatic carbocycles. The number of aliphatic carboxylic acids is 1. The summed E-state index contributed by atoms with van der Waals surface area (Å²) in [6, 6.07) is 5.80. The van der Waals surface area contributed by atoms with Gasteiger partial charge in [-0.1, -0.05) is 6.07 Å². The topological polar surface area (TPSA) is 92.4 Å². The molecule has 0 spiro atoms. The van der Waals surface area contributed by atoms with Gasteiger partial charge >= 0.3 is 5.97 Å². The minimum absolute atomic E-state index is 0.0114. The lowest BCUT2D eigenvalue weighted by Gasteiger charge is -2.26. The van der Waals surface area contributed by atoms with Crippen LogP contribution in [0.5, 0.6) is 0 Å². The summed E-state index contributed by atoms with van der Waals surface area (Å²) in [5, 5.41) is 11.5. The number of nitrogens with two attached hydrogens (primary N) is 1. The van der Waals surface area contributed by atoms with Crippen molar-refractivity contribution in [2.24, 2.45) is 0 Å². The summed E-state index contributed by atoms with van der Waals surface area (Å²) in [7, 11) is 0. The number of hydrogen-bond donors (Lipinski definition) is 3. The molecule has 0 aliphatic heterocycles. The van der Waals surface area contributed by atoms with Gasteiger partial charge in [-0.05, 0) is 42.5 Å². The zero-order chi connectivity index (χ0) is 14.5. The van der Waals surface area contributed by atoms with Crippen LogP contribution in [0.4, 0.5) is 5.69 Å². The van der Waals surface area contributed by atoms with Crippen molar-refractivity contribution in [3.63, 3.8) is 0 Å². The summed E-state index contributed by atoms with van der Waals surface area (Å²) in [5.41, 5.74) is 8.84. The minimum atomic E-state index is -0.902. The van der Waals surface area contributed by atoms with E-state index in [4.69, 9.17) is 10.8 Å². The van der Waals surface area contributed by atoms with Crippen LogP contribution < -0.4 is 11.1 Å². The predicted octanol–water partition coefficient (Wildman–Crippen LogP) is 1.58. The first-order valence-electron chi connectivity index (χ1n) is 6.53. The number of hydrogen-bond acceptors (Lipinski definition) is 4. The number of carboxylic acids is 1. The van der Waals surface area contributed by atoms with Crippen molar-refractivity contribution in [1.82, 2.24) is 5.32 Å². The summed E-state index contributed by atoms with van der Waals surface area (Å²) < 4.78 is 0. The minimum Gasteiger partial charge on any atom is -0.481 e. The summed E-state index contributed by atoms with van der Waals surface area (Å²) in [6.45, 7) is 0. The average Bonchev–Trinajstić information content (AvgIpc) is 2.38. The molecule has 0 saturated heterocycles. The highest BCUT2D eigenvalue weighted by Crippen LogP contribution is 2.30. The molecule has 0 heterocycles. The van der Waals surface area contributed by atoms with Gasteiger partial charge in [-0.15, -0.1) is 11.8 Å². The van der Waals surface area contributed by atoms with Crippen LogP contribution in [0.15, 0.2) is 18.2 Å². The van der Waals surface area contributed by atoms with Crippen LogP contribution in [0, 0.1) is 0 Å². The Morgan fingerprint density at radius 1 is 1.40 bits per heavy atom. The molecule has 1 atom stereocenters. The van der Waals surface area contributed by atoms with Crippen LogP contribution in [-0.2, 0) is 16.0 Å². The first kappa shape index (κ1) is 14.7. The first-order chi connectivity index (χ1) is 9.56. The number of nitrogen functional groups attached to an aromatic ring is 1. The van der Waals surface area contributed by atoms with E-state index in [1.165, 1.54) is 5.56 Å². The van der Waals surface area contributed by atoms with E-state index in [1.807, 2.05) is 18.2 Å². The second kappa shape index (κ2) is 6.65. The Balaban J connectivity index is 1.94. The molecule has 5 nitrogen and oxygen atoms in total. The fourth-order valence-electron chi connectivity index (χ4n) is 2.45. The normalized spacial score (nSPS) is 17.3. The summed E-state index contributed by atoms with van der Waals surface area (Å²) in [5.74, 6) is -0.898. The number of carboxylic acid groups (broad SMARTS) is 1. The number of nitrogens with one attached hydrogen (secondary N) is 1. The Kier molecular flexibility index (Phi) is 4.89. The van der Waals surface area contributed by atoms with Crippen LogP contribution in [0.2, 0.25) is 0 Å². The molecule has 108 valence electrons. The van der Waals surface area contributed by atoms with Crippen molar-refractivity contribution in [1.29, 1.82) is 0 Å². The summed E-state index contributed by atoms with van der Waals surface area (Å²) >= 11 is 1.11. The summed E-state index contributed by atoms with van der Waals surface area (Å²) in [6.07, 6.45) is 2.91. The van der Waals surface area contributed by atoms with Gasteiger partial charge in [-0.2, -0.15) is 0 Å². The third-order valence-electron chi connectivity index (χ3n) is 3.28. The van der Waals surface area contributed by atoms with Gasteiger partial charge in [0, 0.05) is 5.69 Å². The average molecular weight is 294 g/mol. The van der Waals surface area contributed by atoms with Crippen LogP contribution in [0.3, 0.4) is 0 Å². The van der Waals surface area contributed by atoms with E-state index >= 15 is 0 Å². The highest BCUT2D eigenvalue weighted by molar-refractivity contribution is 8.00. The Bertz CT molecular complexity index is 519. The standard InChI is InChI=1S/C14H18N2O3S/c15-10-4-5-11-9(6-10)2-1-3-12(11)16-13(17)7-20-8-14(18)19/h4-6,12H,1-3,7-8,15H2,(H,16,17)(H,18,19). The van der Waals surface area contributed by atoms with Crippen LogP contribution in [0.25, 0.3) is 0 Å². The van der Waals surface area contributed by atoms with Crippen LogP contribution >= 0.6 is 11.8 Å². The van der Waals surface area contributed by atoms with Gasteiger partial charge in [0.25, 0.3) is 0 Å². The lowest BCUT2D eigenvalue weighted by Crippen LogP contribution is -2.32. The molecule has 20 heavy (non-hydrogen) atoms. The summed E-state index contributed by atoms with van der Waals surface area (Å²) in [4.78, 5) is 22.2. The molecule has 6 heteroatoms. The van der Waals surface area contributed by atoms with Crippen molar-refractivity contribution in [3.05, 3.63) is 29.3 Å². The van der Waals surface area contributed by atoms with E-state index in [0.29, 0.717) is 0 Å². The molecule has 0 aromatic heterocycles. The zero-order valence-corrected chi connectivity index (χ0v) is 11.9. The molecule has 0 fully saturated rings. The second-order valence-electron chi connectivity index (χ2n) is 4.86. The van der Waals surface area contributed by atoms with Crippen molar-refractivity contribution < 1.29 is 14.7 Å². The Morgan fingerprint density at radius 2 is 2.20 bits per heavy atom. The van der Waals surface area contributed by atoms with Crippen molar-refractivity contribution in [3.8, 4) is 0 Å². The van der Waals surface area contributed by atoms with Crippen LogP contribution in [0.1, 0.15) is 30.0 Å². The fraction of sp³-hybridized carbons (Fsp3) is 0.429. The number of fused-ring (bicyclic) bond motifs is 1. The van der Waals surface area contributed by atoms with Gasteiger partial charge in [0.1, 0.15) is 0 Å². The molecule has 4 N–H and O–H groups in total. The molecule has 1 aromatic rings. The number of anilines is 1. The van der Waals surface area contributed by atoms with Crippen molar-refractivity contribution >= 4 is 29.3 Å². The maximum absolute atomic E-state index is 11.8. The van der Waals surface area contributed by atoms with E-state index in [1.54, 1.807) is 0 Å². The molecule has 1 aromatic carbocycles. The van der Waals surface area contributed by atoms with Gasteiger partial charge in [0.05, 0.1) is 17.5 Å². The Labute approximate surface area is 121 Å². The lowest BCUT2D eigenvalue weighted by molar-refractivity contribution is -0.133. The molecule has 1 aliphatic rings. The first-order valence-corrected chi connectivity index (χ1v) is 7.69. The van der Waals surface area contributed by atoms with Crippen LogP contribution in [-0.4, -0.2) is 28.5 Å². The zero-order valence-electron chi connectivity index (χ0n) is 11.1. The smallest absolute Gasteiger partial charge is 0.313 e. The molecule has 1 amide bonds. The molecule has 2 rings (SSSR count). The van der Waals surface area contributed by atoms with Gasteiger partial charge < -0.3 is 16.2 Å². The number of carbonyl (C=O) groups is 2. The van der Waals surface area contributed by atoms with E-state index in [-0.39, 0.29) is 23.5 Å². The molecule has 0 saturated carbocycles. The highest BCUT2D eigenvalue weighted by Gasteiger charge is 2.21. The third kappa shape index (κ3) is 3.90. The van der Waals surface area contributed by atoms with E-state index in [0.717, 1.165) is 42.3 Å². The Morgan fingerprint density at radius 3 is 2.95 bits per heavy atom. The van der Waals surface area contributed by atoms with E-state index in [9.17, 15) is 9.59 Å². The van der Waals surface area contributed by atoms with Crippen molar-refractivity contribution in [2.45, 2.75) is 25.3 Å². The van der Waals surface area contributed by atoms with E-state index in [2.05, 4.69) is 5.32 Å². The second-order valence-corrected chi connectivity index (χ2v) is 5.84. The molecule has 0 bridgehead atoms. The quantitative estimate of drug-likeness (QED) is 0.717.